The van der Waals surface area contributed by atoms with Crippen LogP contribution in [-0.4, -0.2) is 42.4 Å². The summed E-state index contributed by atoms with van der Waals surface area (Å²) >= 11 is 0. The van der Waals surface area contributed by atoms with Crippen LogP contribution in [0.25, 0.3) is 0 Å². The van der Waals surface area contributed by atoms with Crippen LogP contribution in [0.2, 0.25) is 0 Å². The Labute approximate surface area is 103 Å². The summed E-state index contributed by atoms with van der Waals surface area (Å²) in [5, 5.41) is 0. The minimum absolute atomic E-state index is 0.167. The molecule has 4 heteroatoms. The van der Waals surface area contributed by atoms with Gasteiger partial charge in [0.15, 0.2) is 0 Å². The molecule has 1 unspecified atom stereocenters. The van der Waals surface area contributed by atoms with Crippen LogP contribution in [0.3, 0.4) is 0 Å². The molecule has 0 spiro atoms. The van der Waals surface area contributed by atoms with E-state index in [9.17, 15) is 9.59 Å². The van der Waals surface area contributed by atoms with Gasteiger partial charge in [-0.1, -0.05) is 13.8 Å². The van der Waals surface area contributed by atoms with E-state index in [1.165, 1.54) is 0 Å². The highest BCUT2D eigenvalue weighted by molar-refractivity contribution is 5.80. The molecule has 1 rings (SSSR count). The zero-order chi connectivity index (χ0) is 12.8. The number of nitrogens with zero attached hydrogens (tertiary/aromatic N) is 1. The fourth-order valence-electron chi connectivity index (χ4n) is 1.83. The van der Waals surface area contributed by atoms with E-state index >= 15 is 0 Å². The summed E-state index contributed by atoms with van der Waals surface area (Å²) in [5.74, 6) is 0.673. The van der Waals surface area contributed by atoms with Gasteiger partial charge in [0.1, 0.15) is 11.8 Å². The number of likely N-dealkylation sites (tertiary alicyclic amines) is 1. The topological polar surface area (TPSA) is 46.6 Å². The first-order chi connectivity index (χ1) is 8.00. The summed E-state index contributed by atoms with van der Waals surface area (Å²) < 4.78 is 5.23. The van der Waals surface area contributed by atoms with Crippen LogP contribution in [-0.2, 0) is 14.3 Å². The molecule has 0 aromatic heterocycles. The van der Waals surface area contributed by atoms with Gasteiger partial charge in [0.05, 0.1) is 6.61 Å². The van der Waals surface area contributed by atoms with Crippen LogP contribution < -0.4 is 0 Å². The van der Waals surface area contributed by atoms with Crippen LogP contribution in [0.1, 0.15) is 40.0 Å². The Kier molecular flexibility index (Phi) is 5.62. The lowest BCUT2D eigenvalue weighted by molar-refractivity contribution is -0.150. The van der Waals surface area contributed by atoms with E-state index in [1.807, 2.05) is 11.8 Å². The molecule has 0 radical (unpaired) electrons. The van der Waals surface area contributed by atoms with Crippen molar-refractivity contribution in [3.63, 3.8) is 0 Å². The second kappa shape index (κ2) is 6.74. The molecule has 0 aromatic rings. The lowest BCUT2D eigenvalue weighted by Crippen LogP contribution is -2.44. The maximum Gasteiger partial charge on any atom is 0.323 e. The van der Waals surface area contributed by atoms with Crippen molar-refractivity contribution in [3.8, 4) is 0 Å². The summed E-state index contributed by atoms with van der Waals surface area (Å²) in [6, 6.07) is -0.227. The Morgan fingerprint density at radius 1 is 1.29 bits per heavy atom. The van der Waals surface area contributed by atoms with Crippen molar-refractivity contribution in [1.82, 2.24) is 4.90 Å². The maximum absolute atomic E-state index is 11.8. The first-order valence-corrected chi connectivity index (χ1v) is 6.43. The molecule has 0 N–H and O–H groups in total. The van der Waals surface area contributed by atoms with E-state index in [4.69, 9.17) is 4.74 Å². The fraction of sp³-hybridized carbons (Fsp3) is 0.846. The Hall–Kier alpha value is -0.900. The van der Waals surface area contributed by atoms with Gasteiger partial charge in [-0.3, -0.25) is 14.5 Å². The van der Waals surface area contributed by atoms with E-state index in [-0.39, 0.29) is 12.0 Å². The van der Waals surface area contributed by atoms with Gasteiger partial charge in [-0.15, -0.1) is 0 Å². The molecule has 1 heterocycles. The normalized spacial score (nSPS) is 19.4. The predicted molar refractivity (Wildman–Crippen MR) is 65.7 cm³/mol. The molecule has 17 heavy (non-hydrogen) atoms. The molecule has 1 aliphatic rings. The predicted octanol–water partition coefficient (Wildman–Crippen LogP) is 1.63. The highest BCUT2D eigenvalue weighted by Crippen LogP contribution is 2.11. The zero-order valence-electron chi connectivity index (χ0n) is 11.1. The first-order valence-electron chi connectivity index (χ1n) is 6.43. The maximum atomic E-state index is 11.8. The van der Waals surface area contributed by atoms with Gasteiger partial charge in [-0.25, -0.2) is 0 Å². The number of carbonyl (C=O) groups is 2. The summed E-state index contributed by atoms with van der Waals surface area (Å²) in [6.07, 6.45) is 2.02. The zero-order valence-corrected chi connectivity index (χ0v) is 11.1. The quantitative estimate of drug-likeness (QED) is 0.686. The van der Waals surface area contributed by atoms with Crippen molar-refractivity contribution in [3.05, 3.63) is 0 Å². The molecular formula is C13H23NO3. The van der Waals surface area contributed by atoms with Crippen LogP contribution in [0, 0.1) is 5.92 Å². The molecule has 4 nitrogen and oxygen atoms in total. The van der Waals surface area contributed by atoms with Crippen LogP contribution in [0.5, 0.6) is 0 Å². The summed E-state index contributed by atoms with van der Waals surface area (Å²) in [7, 11) is 0. The highest BCUT2D eigenvalue weighted by Gasteiger charge is 2.26. The number of Topliss-reactive ketones (excluding diaryl/α,β-unsaturated/α-hetero) is 1. The van der Waals surface area contributed by atoms with Gasteiger partial charge in [0.25, 0.3) is 0 Å². The SMILES string of the molecule is CC(C)CCOC(=O)C(C)N1CCC(=O)CC1. The molecule has 0 aromatic carbocycles. The van der Waals surface area contributed by atoms with Crippen molar-refractivity contribution in [2.24, 2.45) is 5.92 Å². The molecule has 0 saturated carbocycles. The van der Waals surface area contributed by atoms with E-state index < -0.39 is 0 Å². The van der Waals surface area contributed by atoms with Crippen LogP contribution in [0.4, 0.5) is 0 Å². The van der Waals surface area contributed by atoms with Gasteiger partial charge in [-0.05, 0) is 19.3 Å². The lowest BCUT2D eigenvalue weighted by Gasteiger charge is -2.30. The standard InChI is InChI=1S/C13H23NO3/c1-10(2)6-9-17-13(16)11(3)14-7-4-12(15)5-8-14/h10-11H,4-9H2,1-3H3. The molecule has 0 amide bonds. The summed E-state index contributed by atoms with van der Waals surface area (Å²) in [4.78, 5) is 24.9. The number of hydrogen-bond donors (Lipinski definition) is 0. The average Bonchev–Trinajstić information content (AvgIpc) is 2.28. The van der Waals surface area contributed by atoms with Crippen LogP contribution >= 0.6 is 0 Å². The van der Waals surface area contributed by atoms with Gasteiger partial charge < -0.3 is 4.74 Å². The molecule has 1 fully saturated rings. The van der Waals surface area contributed by atoms with E-state index in [0.29, 0.717) is 44.2 Å². The Morgan fingerprint density at radius 3 is 2.41 bits per heavy atom. The third kappa shape index (κ3) is 4.86. The van der Waals surface area contributed by atoms with E-state index in [1.54, 1.807) is 0 Å². The largest absolute Gasteiger partial charge is 0.465 e. The molecule has 1 atom stereocenters. The van der Waals surface area contributed by atoms with Crippen molar-refractivity contribution in [2.75, 3.05) is 19.7 Å². The average molecular weight is 241 g/mol. The minimum Gasteiger partial charge on any atom is -0.465 e. The number of ether oxygens (including phenoxy) is 1. The Bertz CT molecular complexity index is 266. The van der Waals surface area contributed by atoms with E-state index in [0.717, 1.165) is 6.42 Å². The molecule has 98 valence electrons. The monoisotopic (exact) mass is 241 g/mol. The summed E-state index contributed by atoms with van der Waals surface area (Å²) in [6.45, 7) is 7.92. The number of esters is 1. The van der Waals surface area contributed by atoms with E-state index in [2.05, 4.69) is 13.8 Å². The lowest BCUT2D eigenvalue weighted by atomic mass is 10.1. The smallest absolute Gasteiger partial charge is 0.323 e. The number of carbonyl (C=O) groups excluding carboxylic acids is 2. The van der Waals surface area contributed by atoms with Crippen molar-refractivity contribution in [1.29, 1.82) is 0 Å². The number of ketones is 1. The van der Waals surface area contributed by atoms with Gasteiger partial charge in [0.2, 0.25) is 0 Å². The van der Waals surface area contributed by atoms with Gasteiger partial charge >= 0.3 is 5.97 Å². The minimum atomic E-state index is -0.227. The Morgan fingerprint density at radius 2 is 1.88 bits per heavy atom. The first kappa shape index (κ1) is 14.2. The number of piperidine rings is 1. The molecular weight excluding hydrogens is 218 g/mol. The molecule has 0 bridgehead atoms. The van der Waals surface area contributed by atoms with Gasteiger partial charge in [0, 0.05) is 25.9 Å². The second-order valence-corrected chi connectivity index (χ2v) is 5.10. The van der Waals surface area contributed by atoms with Gasteiger partial charge in [-0.2, -0.15) is 0 Å². The molecule has 0 aliphatic carbocycles. The fourth-order valence-corrected chi connectivity index (χ4v) is 1.83. The highest BCUT2D eigenvalue weighted by atomic mass is 16.5. The third-order valence-corrected chi connectivity index (χ3v) is 3.18. The van der Waals surface area contributed by atoms with Crippen molar-refractivity contribution < 1.29 is 14.3 Å². The van der Waals surface area contributed by atoms with Crippen LogP contribution in [0.15, 0.2) is 0 Å². The summed E-state index contributed by atoms with van der Waals surface area (Å²) in [5.41, 5.74) is 0. The number of rotatable bonds is 5. The van der Waals surface area contributed by atoms with Crippen molar-refractivity contribution in [2.45, 2.75) is 46.1 Å². The Balaban J connectivity index is 2.28. The molecule has 1 saturated heterocycles. The third-order valence-electron chi connectivity index (χ3n) is 3.18. The number of hydrogen-bond acceptors (Lipinski definition) is 4. The second-order valence-electron chi connectivity index (χ2n) is 5.10. The van der Waals surface area contributed by atoms with Crippen molar-refractivity contribution >= 4 is 11.8 Å². The molecule has 1 aliphatic heterocycles.